The molecule has 8 heteroatoms. The van der Waals surface area contributed by atoms with Gasteiger partial charge in [-0.3, -0.25) is 0 Å². The van der Waals surface area contributed by atoms with Crippen molar-refractivity contribution in [2.75, 3.05) is 7.05 Å². The Bertz CT molecular complexity index is 788. The van der Waals surface area contributed by atoms with Crippen molar-refractivity contribution in [3.8, 4) is 0 Å². The first kappa shape index (κ1) is 16.4. The van der Waals surface area contributed by atoms with Crippen molar-refractivity contribution in [1.29, 1.82) is 0 Å². The second kappa shape index (κ2) is 6.05. The van der Waals surface area contributed by atoms with Crippen molar-refractivity contribution in [2.24, 2.45) is 0 Å². The van der Waals surface area contributed by atoms with Crippen LogP contribution in [0, 0.1) is 23.3 Å². The Balaban J connectivity index is 2.30. The van der Waals surface area contributed by atoms with E-state index in [1.807, 2.05) is 0 Å². The summed E-state index contributed by atoms with van der Waals surface area (Å²) in [7, 11) is -3.00. The third kappa shape index (κ3) is 3.45. The van der Waals surface area contributed by atoms with E-state index in [-0.39, 0.29) is 12.1 Å². The molecule has 118 valence electrons. The number of rotatable bonds is 4. The summed E-state index contributed by atoms with van der Waals surface area (Å²) in [6.45, 7) is -0.280. The van der Waals surface area contributed by atoms with Crippen molar-refractivity contribution < 1.29 is 26.0 Å². The number of hydrogen-bond donors (Lipinski definition) is 0. The number of benzene rings is 2. The summed E-state index contributed by atoms with van der Waals surface area (Å²) in [4.78, 5) is -0.560. The summed E-state index contributed by atoms with van der Waals surface area (Å²) >= 11 is 0. The molecule has 0 aliphatic carbocycles. The summed E-state index contributed by atoms with van der Waals surface area (Å²) < 4.78 is 77.4. The van der Waals surface area contributed by atoms with Gasteiger partial charge in [-0.05, 0) is 29.8 Å². The quantitative estimate of drug-likeness (QED) is 0.807. The van der Waals surface area contributed by atoms with E-state index in [9.17, 15) is 26.0 Å². The molecule has 2 aromatic carbocycles. The van der Waals surface area contributed by atoms with Crippen molar-refractivity contribution >= 4 is 10.0 Å². The van der Waals surface area contributed by atoms with E-state index in [1.165, 1.54) is 13.1 Å². The first-order valence-electron chi connectivity index (χ1n) is 6.06. The predicted molar refractivity (Wildman–Crippen MR) is 71.4 cm³/mol. The summed E-state index contributed by atoms with van der Waals surface area (Å²) in [6.07, 6.45) is 0. The van der Waals surface area contributed by atoms with Gasteiger partial charge in [0.05, 0.1) is 4.90 Å². The van der Waals surface area contributed by atoms with Gasteiger partial charge >= 0.3 is 0 Å². The predicted octanol–water partition coefficient (Wildman–Crippen LogP) is 3.06. The summed E-state index contributed by atoms with van der Waals surface area (Å²) in [5.41, 5.74) is 0.196. The fourth-order valence-electron chi connectivity index (χ4n) is 1.84. The topological polar surface area (TPSA) is 37.4 Å². The van der Waals surface area contributed by atoms with Gasteiger partial charge in [0.1, 0.15) is 11.6 Å². The molecule has 0 amide bonds. The van der Waals surface area contributed by atoms with Crippen molar-refractivity contribution in [3.05, 3.63) is 65.2 Å². The third-order valence-electron chi connectivity index (χ3n) is 2.93. The van der Waals surface area contributed by atoms with Crippen LogP contribution in [-0.4, -0.2) is 19.8 Å². The molecule has 0 aromatic heterocycles. The standard InChI is InChI=1S/C14H11F4NO2S/c1-19(8-9-2-3-13(17)14(18)4-9)22(20,21)12-6-10(15)5-11(16)7-12/h2-7H,8H2,1H3. The molecule has 0 N–H and O–H groups in total. The molecule has 0 bridgehead atoms. The highest BCUT2D eigenvalue weighted by Gasteiger charge is 2.22. The average molecular weight is 333 g/mol. The third-order valence-corrected chi connectivity index (χ3v) is 4.71. The fraction of sp³-hybridized carbons (Fsp3) is 0.143. The zero-order valence-corrected chi connectivity index (χ0v) is 12.2. The second-order valence-corrected chi connectivity index (χ2v) is 6.66. The molecular weight excluding hydrogens is 322 g/mol. The minimum Gasteiger partial charge on any atom is -0.207 e. The molecule has 0 saturated heterocycles. The Kier molecular flexibility index (Phi) is 4.52. The highest BCUT2D eigenvalue weighted by molar-refractivity contribution is 7.89. The molecule has 0 spiro atoms. The summed E-state index contributed by atoms with van der Waals surface area (Å²) in [5, 5.41) is 0. The highest BCUT2D eigenvalue weighted by Crippen LogP contribution is 2.20. The Morgan fingerprint density at radius 3 is 2.05 bits per heavy atom. The van der Waals surface area contributed by atoms with E-state index in [1.54, 1.807) is 0 Å². The SMILES string of the molecule is CN(Cc1ccc(F)c(F)c1)S(=O)(=O)c1cc(F)cc(F)c1. The largest absolute Gasteiger partial charge is 0.243 e. The van der Waals surface area contributed by atoms with Crippen molar-refractivity contribution in [1.82, 2.24) is 4.31 Å². The number of hydrogen-bond acceptors (Lipinski definition) is 2. The number of sulfonamides is 1. The molecule has 0 radical (unpaired) electrons. The lowest BCUT2D eigenvalue weighted by Crippen LogP contribution is -2.26. The van der Waals surface area contributed by atoms with Gasteiger partial charge < -0.3 is 0 Å². The van der Waals surface area contributed by atoms with E-state index in [2.05, 4.69) is 0 Å². The Labute approximate surface area is 124 Å². The first-order chi connectivity index (χ1) is 10.2. The lowest BCUT2D eigenvalue weighted by Gasteiger charge is -2.17. The fourth-order valence-corrected chi connectivity index (χ4v) is 3.04. The van der Waals surface area contributed by atoms with Crippen LogP contribution < -0.4 is 0 Å². The van der Waals surface area contributed by atoms with Gasteiger partial charge in [-0.1, -0.05) is 6.07 Å². The van der Waals surface area contributed by atoms with Crippen molar-refractivity contribution in [2.45, 2.75) is 11.4 Å². The van der Waals surface area contributed by atoms with Crippen LogP contribution in [0.15, 0.2) is 41.3 Å². The van der Waals surface area contributed by atoms with E-state index >= 15 is 0 Å². The molecule has 3 nitrogen and oxygen atoms in total. The van der Waals surface area contributed by atoms with Crippen molar-refractivity contribution in [3.63, 3.8) is 0 Å². The summed E-state index contributed by atoms with van der Waals surface area (Å²) in [5.74, 6) is -4.22. The second-order valence-electron chi connectivity index (χ2n) is 4.61. The van der Waals surface area contributed by atoms with Crippen LogP contribution in [-0.2, 0) is 16.6 Å². The van der Waals surface area contributed by atoms with E-state index < -0.39 is 38.2 Å². The number of nitrogens with zero attached hydrogens (tertiary/aromatic N) is 1. The monoisotopic (exact) mass is 333 g/mol. The lowest BCUT2D eigenvalue weighted by molar-refractivity contribution is 0.460. The van der Waals surface area contributed by atoms with Gasteiger partial charge in [0.25, 0.3) is 0 Å². The van der Waals surface area contributed by atoms with Crippen LogP contribution in [0.5, 0.6) is 0 Å². The van der Waals surface area contributed by atoms with Gasteiger partial charge in [-0.2, -0.15) is 4.31 Å². The summed E-state index contributed by atoms with van der Waals surface area (Å²) in [6, 6.07) is 4.85. The molecular formula is C14H11F4NO2S. The zero-order chi connectivity index (χ0) is 16.5. The minimum atomic E-state index is -4.17. The average Bonchev–Trinajstić information content (AvgIpc) is 2.41. The molecule has 0 aliphatic rings. The maximum absolute atomic E-state index is 13.1. The maximum Gasteiger partial charge on any atom is 0.243 e. The molecule has 0 aliphatic heterocycles. The van der Waals surface area contributed by atoms with Gasteiger partial charge in [-0.15, -0.1) is 0 Å². The molecule has 2 rings (SSSR count). The molecule has 0 saturated carbocycles. The molecule has 22 heavy (non-hydrogen) atoms. The van der Waals surface area contributed by atoms with Crippen LogP contribution in [0.4, 0.5) is 17.6 Å². The van der Waals surface area contributed by atoms with Crippen LogP contribution in [0.3, 0.4) is 0 Å². The van der Waals surface area contributed by atoms with E-state index in [0.29, 0.717) is 18.2 Å². The molecule has 0 heterocycles. The van der Waals surface area contributed by atoms with Gasteiger partial charge in [-0.25, -0.2) is 26.0 Å². The molecule has 0 unspecified atom stereocenters. The van der Waals surface area contributed by atoms with Gasteiger partial charge in [0.15, 0.2) is 11.6 Å². The van der Waals surface area contributed by atoms with Gasteiger partial charge in [0.2, 0.25) is 10.0 Å². The highest BCUT2D eigenvalue weighted by atomic mass is 32.2. The van der Waals surface area contributed by atoms with E-state index in [4.69, 9.17) is 0 Å². The Hall–Kier alpha value is -1.93. The number of halogens is 4. The molecule has 2 aromatic rings. The van der Waals surface area contributed by atoms with Crippen LogP contribution in [0.25, 0.3) is 0 Å². The Morgan fingerprint density at radius 1 is 0.909 bits per heavy atom. The maximum atomic E-state index is 13.1. The zero-order valence-electron chi connectivity index (χ0n) is 11.4. The van der Waals surface area contributed by atoms with E-state index in [0.717, 1.165) is 16.4 Å². The molecule has 0 atom stereocenters. The minimum absolute atomic E-state index is 0.196. The lowest BCUT2D eigenvalue weighted by atomic mass is 10.2. The smallest absolute Gasteiger partial charge is 0.207 e. The van der Waals surface area contributed by atoms with Crippen LogP contribution >= 0.6 is 0 Å². The van der Waals surface area contributed by atoms with Gasteiger partial charge in [0, 0.05) is 19.7 Å². The Morgan fingerprint density at radius 2 is 1.50 bits per heavy atom. The first-order valence-corrected chi connectivity index (χ1v) is 7.50. The van der Waals surface area contributed by atoms with Crippen LogP contribution in [0.1, 0.15) is 5.56 Å². The normalized spacial score (nSPS) is 11.9. The molecule has 0 fully saturated rings. The van der Waals surface area contributed by atoms with Crippen LogP contribution in [0.2, 0.25) is 0 Å².